The van der Waals surface area contributed by atoms with E-state index in [-0.39, 0.29) is 19.6 Å². The highest BCUT2D eigenvalue weighted by Gasteiger charge is 2.57. The van der Waals surface area contributed by atoms with Crippen LogP contribution in [0.4, 0.5) is 0 Å². The van der Waals surface area contributed by atoms with Crippen molar-refractivity contribution < 1.29 is 29.0 Å². The standard InChI is InChI=1S/C19H23BrO6/c1-4-25-17(22)15-13(21)10-19(3,24)16(18(23)26-5-2)14(15)11-6-8-12(20)9-7-11/h6-9,14-16,24H,4-5,10H2,1-3H3/t14-,15+,16-,19+/m1/s1. The lowest BCUT2D eigenvalue weighted by molar-refractivity contribution is -0.172. The fourth-order valence-corrected chi connectivity index (χ4v) is 3.83. The molecular weight excluding hydrogens is 404 g/mol. The first-order valence-electron chi connectivity index (χ1n) is 8.56. The fraction of sp³-hybridized carbons (Fsp3) is 0.526. The first-order chi connectivity index (χ1) is 12.2. The Hall–Kier alpha value is -1.73. The molecule has 6 nitrogen and oxygen atoms in total. The Kier molecular flexibility index (Phi) is 6.58. The zero-order valence-corrected chi connectivity index (χ0v) is 16.6. The number of aliphatic hydroxyl groups is 1. The molecule has 26 heavy (non-hydrogen) atoms. The van der Waals surface area contributed by atoms with Gasteiger partial charge in [0.1, 0.15) is 5.92 Å². The van der Waals surface area contributed by atoms with Crippen molar-refractivity contribution in [3.8, 4) is 0 Å². The predicted molar refractivity (Wildman–Crippen MR) is 97.4 cm³/mol. The van der Waals surface area contributed by atoms with E-state index in [0.29, 0.717) is 5.56 Å². The van der Waals surface area contributed by atoms with Crippen LogP contribution < -0.4 is 0 Å². The number of hydrogen-bond acceptors (Lipinski definition) is 6. The largest absolute Gasteiger partial charge is 0.466 e. The lowest BCUT2D eigenvalue weighted by Crippen LogP contribution is -2.55. The summed E-state index contributed by atoms with van der Waals surface area (Å²) in [7, 11) is 0. The van der Waals surface area contributed by atoms with Crippen LogP contribution in [0.15, 0.2) is 28.7 Å². The average Bonchev–Trinajstić information content (AvgIpc) is 2.54. The lowest BCUT2D eigenvalue weighted by Gasteiger charge is -2.43. The molecule has 1 N–H and O–H groups in total. The van der Waals surface area contributed by atoms with E-state index in [1.807, 2.05) is 0 Å². The van der Waals surface area contributed by atoms with E-state index >= 15 is 0 Å². The second-order valence-corrected chi connectivity index (χ2v) is 7.45. The van der Waals surface area contributed by atoms with Gasteiger partial charge in [-0.1, -0.05) is 28.1 Å². The lowest BCUT2D eigenvalue weighted by atomic mass is 9.62. The summed E-state index contributed by atoms with van der Waals surface area (Å²) in [5.74, 6) is -4.84. The zero-order chi connectivity index (χ0) is 19.5. The van der Waals surface area contributed by atoms with E-state index in [0.717, 1.165) is 4.47 Å². The zero-order valence-electron chi connectivity index (χ0n) is 15.0. The number of ether oxygens (including phenoxy) is 2. The van der Waals surface area contributed by atoms with Crippen LogP contribution in [-0.2, 0) is 23.9 Å². The van der Waals surface area contributed by atoms with E-state index in [1.54, 1.807) is 38.1 Å². The maximum atomic E-state index is 12.7. The predicted octanol–water partition coefficient (Wildman–Crippen LogP) is 2.62. The van der Waals surface area contributed by atoms with E-state index in [9.17, 15) is 19.5 Å². The summed E-state index contributed by atoms with van der Waals surface area (Å²) in [5, 5.41) is 10.8. The average molecular weight is 427 g/mol. The van der Waals surface area contributed by atoms with E-state index in [2.05, 4.69) is 15.9 Å². The molecule has 7 heteroatoms. The summed E-state index contributed by atoms with van der Waals surface area (Å²) in [5.41, 5.74) is -1.03. The summed E-state index contributed by atoms with van der Waals surface area (Å²) in [6.45, 7) is 5.00. The Morgan fingerprint density at radius 1 is 1.15 bits per heavy atom. The second-order valence-electron chi connectivity index (χ2n) is 6.54. The summed E-state index contributed by atoms with van der Waals surface area (Å²) < 4.78 is 11.0. The van der Waals surface area contributed by atoms with Gasteiger partial charge in [0, 0.05) is 16.8 Å². The number of ketones is 1. The van der Waals surface area contributed by atoms with Crippen molar-refractivity contribution in [3.63, 3.8) is 0 Å². The van der Waals surface area contributed by atoms with Crippen LogP contribution in [0.2, 0.25) is 0 Å². The highest BCUT2D eigenvalue weighted by molar-refractivity contribution is 9.10. The van der Waals surface area contributed by atoms with Gasteiger partial charge >= 0.3 is 11.9 Å². The van der Waals surface area contributed by atoms with Crippen molar-refractivity contribution in [3.05, 3.63) is 34.3 Å². The molecule has 2 rings (SSSR count). The monoisotopic (exact) mass is 426 g/mol. The topological polar surface area (TPSA) is 89.9 Å². The van der Waals surface area contributed by atoms with Crippen molar-refractivity contribution in [1.82, 2.24) is 0 Å². The highest BCUT2D eigenvalue weighted by atomic mass is 79.9. The van der Waals surface area contributed by atoms with Gasteiger partial charge in [-0.05, 0) is 38.5 Å². The Labute approximate surface area is 161 Å². The van der Waals surface area contributed by atoms with E-state index in [4.69, 9.17) is 9.47 Å². The maximum Gasteiger partial charge on any atom is 0.317 e. The number of halogens is 1. The van der Waals surface area contributed by atoms with Crippen LogP contribution in [0.25, 0.3) is 0 Å². The van der Waals surface area contributed by atoms with Gasteiger partial charge in [-0.25, -0.2) is 0 Å². The van der Waals surface area contributed by atoms with Gasteiger partial charge in [0.2, 0.25) is 0 Å². The molecule has 1 fully saturated rings. The molecule has 0 radical (unpaired) electrons. The van der Waals surface area contributed by atoms with Crippen molar-refractivity contribution >= 4 is 33.7 Å². The molecule has 1 saturated carbocycles. The molecule has 1 aliphatic rings. The SMILES string of the molecule is CCOC(=O)[C@H]1C(=O)C[C@](C)(O)[C@@H](C(=O)OCC)[C@@H]1c1ccc(Br)cc1. The van der Waals surface area contributed by atoms with Gasteiger partial charge in [-0.2, -0.15) is 0 Å². The van der Waals surface area contributed by atoms with E-state index < -0.39 is 41.1 Å². The third-order valence-corrected chi connectivity index (χ3v) is 5.13. The Morgan fingerprint density at radius 3 is 2.23 bits per heavy atom. The summed E-state index contributed by atoms with van der Waals surface area (Å²) in [6, 6.07) is 6.96. The van der Waals surface area contributed by atoms with Crippen molar-refractivity contribution in [2.75, 3.05) is 13.2 Å². The van der Waals surface area contributed by atoms with Crippen LogP contribution >= 0.6 is 15.9 Å². The van der Waals surface area contributed by atoms with Crippen LogP contribution in [0.5, 0.6) is 0 Å². The molecule has 0 saturated heterocycles. The molecule has 0 spiro atoms. The molecule has 1 aromatic carbocycles. The molecule has 0 heterocycles. The van der Waals surface area contributed by atoms with Crippen molar-refractivity contribution in [1.29, 1.82) is 0 Å². The normalized spacial score (nSPS) is 28.5. The Bertz CT molecular complexity index is 682. The molecule has 142 valence electrons. The first kappa shape index (κ1) is 20.6. The second kappa shape index (κ2) is 8.31. The number of hydrogen-bond donors (Lipinski definition) is 1. The van der Waals surface area contributed by atoms with Gasteiger partial charge in [0.15, 0.2) is 5.78 Å². The van der Waals surface area contributed by atoms with Crippen LogP contribution in [0.3, 0.4) is 0 Å². The Morgan fingerprint density at radius 2 is 1.69 bits per heavy atom. The van der Waals surface area contributed by atoms with Crippen molar-refractivity contribution in [2.24, 2.45) is 11.8 Å². The quantitative estimate of drug-likeness (QED) is 0.574. The number of esters is 2. The number of Topliss-reactive ketones (excluding diaryl/α,β-unsaturated/α-hetero) is 1. The summed E-state index contributed by atoms with van der Waals surface area (Å²) in [4.78, 5) is 37.8. The number of benzene rings is 1. The third-order valence-electron chi connectivity index (χ3n) is 4.60. The number of carbonyl (C=O) groups is 3. The van der Waals surface area contributed by atoms with Crippen molar-refractivity contribution in [2.45, 2.75) is 38.7 Å². The highest BCUT2D eigenvalue weighted by Crippen LogP contribution is 2.46. The van der Waals surface area contributed by atoms with Gasteiger partial charge in [-0.15, -0.1) is 0 Å². The molecule has 0 aliphatic heterocycles. The van der Waals surface area contributed by atoms with Gasteiger partial charge < -0.3 is 14.6 Å². The minimum Gasteiger partial charge on any atom is -0.466 e. The van der Waals surface area contributed by atoms with Crippen LogP contribution in [0.1, 0.15) is 38.7 Å². The molecule has 4 atom stereocenters. The first-order valence-corrected chi connectivity index (χ1v) is 9.36. The molecule has 1 aromatic rings. The van der Waals surface area contributed by atoms with Gasteiger partial charge in [0.25, 0.3) is 0 Å². The fourth-order valence-electron chi connectivity index (χ4n) is 3.56. The molecule has 0 bridgehead atoms. The summed E-state index contributed by atoms with van der Waals surface area (Å²) in [6.07, 6.45) is -0.313. The summed E-state index contributed by atoms with van der Waals surface area (Å²) >= 11 is 3.34. The molecule has 0 unspecified atom stereocenters. The molecular formula is C19H23BrO6. The molecule has 0 amide bonds. The smallest absolute Gasteiger partial charge is 0.317 e. The van der Waals surface area contributed by atoms with Crippen LogP contribution in [-0.4, -0.2) is 41.6 Å². The molecule has 0 aromatic heterocycles. The Balaban J connectivity index is 2.59. The minimum atomic E-state index is -1.62. The van der Waals surface area contributed by atoms with Crippen LogP contribution in [0, 0.1) is 11.8 Å². The number of rotatable bonds is 5. The third kappa shape index (κ3) is 4.15. The van der Waals surface area contributed by atoms with Gasteiger partial charge in [0.05, 0.1) is 24.7 Å². The number of carbonyl (C=O) groups excluding carboxylic acids is 3. The minimum absolute atomic E-state index is 0.121. The van der Waals surface area contributed by atoms with E-state index in [1.165, 1.54) is 6.92 Å². The maximum absolute atomic E-state index is 12.7. The molecule has 1 aliphatic carbocycles. The van der Waals surface area contributed by atoms with Gasteiger partial charge in [-0.3, -0.25) is 14.4 Å².